The van der Waals surface area contributed by atoms with Crippen LogP contribution in [0.3, 0.4) is 0 Å². The van der Waals surface area contributed by atoms with E-state index >= 15 is 0 Å². The summed E-state index contributed by atoms with van der Waals surface area (Å²) in [6.07, 6.45) is 0. The van der Waals surface area contributed by atoms with E-state index in [1.54, 1.807) is 0 Å². The normalized spacial score (nSPS) is 11.8. The Morgan fingerprint density at radius 2 is 0.739 bits per heavy atom. The summed E-state index contributed by atoms with van der Waals surface area (Å²) in [5.74, 6) is 1.79. The summed E-state index contributed by atoms with van der Waals surface area (Å²) in [6.45, 7) is 0. The smallest absolute Gasteiger partial charge is 0.164 e. The summed E-state index contributed by atoms with van der Waals surface area (Å²) < 4.78 is 11.2. The van der Waals surface area contributed by atoms with Gasteiger partial charge in [0, 0.05) is 65.8 Å². The molecule has 0 amide bonds. The van der Waals surface area contributed by atoms with Crippen molar-refractivity contribution in [3.8, 4) is 67.8 Å². The summed E-state index contributed by atoms with van der Waals surface area (Å²) in [5, 5.41) is 7.04. The molecule has 0 aliphatic heterocycles. The molecular weight excluding hydrogens is 843 g/mol. The zero-order chi connectivity index (χ0) is 45.4. The van der Waals surface area contributed by atoms with Gasteiger partial charge in [0.1, 0.15) is 11.2 Å². The maximum atomic E-state index is 6.46. The van der Waals surface area contributed by atoms with E-state index < -0.39 is 0 Å². The molecule has 0 atom stereocenters. The third-order valence-electron chi connectivity index (χ3n) is 13.6. The number of fused-ring (bicyclic) bond motifs is 9. The minimum Gasteiger partial charge on any atom is -0.455 e. The van der Waals surface area contributed by atoms with E-state index in [1.807, 2.05) is 30.3 Å². The van der Waals surface area contributed by atoms with E-state index in [4.69, 9.17) is 19.4 Å². The van der Waals surface area contributed by atoms with Crippen LogP contribution < -0.4 is 0 Å². The highest BCUT2D eigenvalue weighted by Gasteiger charge is 2.21. The van der Waals surface area contributed by atoms with E-state index in [2.05, 4.69) is 215 Å². The summed E-state index contributed by atoms with van der Waals surface area (Å²) in [4.78, 5) is 15.8. The fourth-order valence-corrected chi connectivity index (χ4v) is 10.4. The van der Waals surface area contributed by atoms with E-state index in [1.165, 1.54) is 21.5 Å². The van der Waals surface area contributed by atoms with Gasteiger partial charge >= 0.3 is 0 Å². The molecule has 0 N–H and O–H groups in total. The van der Waals surface area contributed by atoms with Gasteiger partial charge in [0.15, 0.2) is 17.5 Å². The number of furan rings is 1. The molecule has 0 saturated carbocycles. The van der Waals surface area contributed by atoms with Gasteiger partial charge in [-0.3, -0.25) is 0 Å². The van der Waals surface area contributed by atoms with E-state index in [0.717, 1.165) is 94.3 Å². The standard InChI is InChI=1S/C63H39N5O/c1-2-16-42(17-3-1)61-64-62(43-18-14-19-45(38-43)67-54-27-9-4-20-48(54)49-21-5-10-28-55(49)67)66-63(65-61)44-36-37-46(58(39-44)68-56-29-11-6-22-50(56)51-23-7-12-30-57(51)68)40-32-34-41(35-33-40)47-25-15-26-53-52-24-8-13-31-59(52)69-60(47)53/h1-39H. The second kappa shape index (κ2) is 15.6. The second-order valence-corrected chi connectivity index (χ2v) is 17.6. The Bertz CT molecular complexity index is 4210. The molecule has 322 valence electrons. The van der Waals surface area contributed by atoms with Gasteiger partial charge in [-0.15, -0.1) is 0 Å². The molecule has 4 aromatic heterocycles. The summed E-state index contributed by atoms with van der Waals surface area (Å²) in [6, 6.07) is 83.3. The Labute approximate surface area is 396 Å². The molecular formula is C63H39N5O. The maximum Gasteiger partial charge on any atom is 0.164 e. The van der Waals surface area contributed by atoms with Crippen molar-refractivity contribution >= 4 is 65.6 Å². The molecule has 4 heterocycles. The first-order valence-corrected chi connectivity index (χ1v) is 23.3. The van der Waals surface area contributed by atoms with Gasteiger partial charge in [-0.2, -0.15) is 0 Å². The second-order valence-electron chi connectivity index (χ2n) is 17.6. The predicted octanol–water partition coefficient (Wildman–Crippen LogP) is 16.3. The van der Waals surface area contributed by atoms with Crippen LogP contribution in [0.4, 0.5) is 0 Å². The maximum absolute atomic E-state index is 6.46. The Kier molecular flexibility index (Phi) is 8.79. The summed E-state index contributed by atoms with van der Waals surface area (Å²) in [7, 11) is 0. The number of rotatable bonds is 7. The van der Waals surface area contributed by atoms with Crippen molar-refractivity contribution < 1.29 is 4.42 Å². The zero-order valence-corrected chi connectivity index (χ0v) is 37.2. The number of para-hydroxylation sites is 6. The number of hydrogen-bond donors (Lipinski definition) is 0. The molecule has 0 radical (unpaired) electrons. The number of benzene rings is 10. The predicted molar refractivity (Wildman–Crippen MR) is 283 cm³/mol. The molecule has 10 aromatic carbocycles. The highest BCUT2D eigenvalue weighted by Crippen LogP contribution is 2.41. The lowest BCUT2D eigenvalue weighted by Gasteiger charge is -2.17. The Morgan fingerprint density at radius 3 is 1.36 bits per heavy atom. The number of nitrogens with zero attached hydrogens (tertiary/aromatic N) is 5. The molecule has 0 spiro atoms. The quantitative estimate of drug-likeness (QED) is 0.160. The van der Waals surface area contributed by atoms with Gasteiger partial charge in [0.2, 0.25) is 0 Å². The van der Waals surface area contributed by atoms with E-state index in [-0.39, 0.29) is 0 Å². The highest BCUT2D eigenvalue weighted by molar-refractivity contribution is 6.12. The van der Waals surface area contributed by atoms with Gasteiger partial charge in [-0.25, -0.2) is 15.0 Å². The van der Waals surface area contributed by atoms with Crippen LogP contribution in [0.5, 0.6) is 0 Å². The van der Waals surface area contributed by atoms with Crippen LogP contribution in [0.2, 0.25) is 0 Å². The fourth-order valence-electron chi connectivity index (χ4n) is 10.4. The largest absolute Gasteiger partial charge is 0.455 e. The number of aromatic nitrogens is 5. The third kappa shape index (κ3) is 6.30. The fraction of sp³-hybridized carbons (Fsp3) is 0. The van der Waals surface area contributed by atoms with Gasteiger partial charge in [-0.1, -0.05) is 188 Å². The van der Waals surface area contributed by atoms with Crippen molar-refractivity contribution in [1.82, 2.24) is 24.1 Å². The van der Waals surface area contributed by atoms with Crippen LogP contribution in [-0.2, 0) is 0 Å². The van der Waals surface area contributed by atoms with Crippen molar-refractivity contribution in [2.24, 2.45) is 0 Å². The monoisotopic (exact) mass is 881 g/mol. The van der Waals surface area contributed by atoms with Crippen molar-refractivity contribution in [2.75, 3.05) is 0 Å². The molecule has 0 aliphatic rings. The lowest BCUT2D eigenvalue weighted by molar-refractivity contribution is 0.670. The summed E-state index contributed by atoms with van der Waals surface area (Å²) in [5.41, 5.74) is 15.4. The lowest BCUT2D eigenvalue weighted by Crippen LogP contribution is -2.03. The Balaban J connectivity index is 0.952. The number of hydrogen-bond acceptors (Lipinski definition) is 4. The SMILES string of the molecule is c1ccc(-c2nc(-c3cccc(-n4c5ccccc5c5ccccc54)c3)nc(-c3ccc(-c4ccc(-c5cccc6c5oc5ccccc56)cc4)c(-n4c5ccccc5c5ccccc54)c3)n2)cc1. The van der Waals surface area contributed by atoms with Crippen LogP contribution in [0, 0.1) is 0 Å². The van der Waals surface area contributed by atoms with Crippen LogP contribution in [0.1, 0.15) is 0 Å². The molecule has 0 fully saturated rings. The summed E-state index contributed by atoms with van der Waals surface area (Å²) >= 11 is 0. The Morgan fingerprint density at radius 1 is 0.290 bits per heavy atom. The first kappa shape index (κ1) is 38.8. The van der Waals surface area contributed by atoms with Crippen LogP contribution in [-0.4, -0.2) is 24.1 Å². The minimum atomic E-state index is 0.587. The van der Waals surface area contributed by atoms with Crippen LogP contribution in [0.25, 0.3) is 133 Å². The molecule has 6 heteroatoms. The molecule has 14 rings (SSSR count). The van der Waals surface area contributed by atoms with E-state index in [0.29, 0.717) is 17.5 Å². The molecule has 0 aliphatic carbocycles. The van der Waals surface area contributed by atoms with Gasteiger partial charge < -0.3 is 13.6 Å². The average molecular weight is 882 g/mol. The van der Waals surface area contributed by atoms with Gasteiger partial charge in [-0.05, 0) is 59.7 Å². The van der Waals surface area contributed by atoms with Crippen molar-refractivity contribution in [2.45, 2.75) is 0 Å². The van der Waals surface area contributed by atoms with Crippen molar-refractivity contribution in [3.63, 3.8) is 0 Å². The molecule has 14 aromatic rings. The average Bonchev–Trinajstić information content (AvgIpc) is 4.09. The van der Waals surface area contributed by atoms with Crippen molar-refractivity contribution in [3.05, 3.63) is 237 Å². The topological polar surface area (TPSA) is 61.7 Å². The first-order valence-electron chi connectivity index (χ1n) is 23.3. The molecule has 0 bridgehead atoms. The minimum absolute atomic E-state index is 0.587. The van der Waals surface area contributed by atoms with Crippen molar-refractivity contribution in [1.29, 1.82) is 0 Å². The van der Waals surface area contributed by atoms with E-state index in [9.17, 15) is 0 Å². The third-order valence-corrected chi connectivity index (χ3v) is 13.6. The van der Waals surface area contributed by atoms with Gasteiger partial charge in [0.25, 0.3) is 0 Å². The first-order chi connectivity index (χ1) is 34.2. The molecule has 69 heavy (non-hydrogen) atoms. The zero-order valence-electron chi connectivity index (χ0n) is 37.2. The highest BCUT2D eigenvalue weighted by atomic mass is 16.3. The molecule has 0 saturated heterocycles. The molecule has 0 unspecified atom stereocenters. The molecule has 6 nitrogen and oxygen atoms in total. The Hall–Kier alpha value is -9.39. The van der Waals surface area contributed by atoms with Gasteiger partial charge in [0.05, 0.1) is 27.8 Å². The van der Waals surface area contributed by atoms with Crippen LogP contribution >= 0.6 is 0 Å². The van der Waals surface area contributed by atoms with Crippen LogP contribution in [0.15, 0.2) is 241 Å². The lowest BCUT2D eigenvalue weighted by atomic mass is 9.97.